The molecule has 2 heterocycles. The molecule has 0 unspecified atom stereocenters. The van der Waals surface area contributed by atoms with Crippen molar-refractivity contribution in [1.29, 1.82) is 0 Å². The highest BCUT2D eigenvalue weighted by Crippen LogP contribution is 2.60. The number of aromatic nitrogens is 3. The summed E-state index contributed by atoms with van der Waals surface area (Å²) in [6.07, 6.45) is 4.37. The van der Waals surface area contributed by atoms with Crippen molar-refractivity contribution in [3.8, 4) is 0 Å². The van der Waals surface area contributed by atoms with Crippen LogP contribution in [0.1, 0.15) is 61.9 Å². The van der Waals surface area contributed by atoms with E-state index in [0.717, 1.165) is 25.0 Å². The lowest BCUT2D eigenvalue weighted by atomic mass is 9.48. The van der Waals surface area contributed by atoms with Gasteiger partial charge < -0.3 is 4.74 Å². The SMILES string of the molecule is COC(=O)Cn1nc(C)c2c(C(F)F)cc(C34CC5CC(CC(C5)C3)C4)nc21. The van der Waals surface area contributed by atoms with Crippen molar-refractivity contribution in [2.24, 2.45) is 17.8 Å². The predicted octanol–water partition coefficient (Wildman–Crippen LogP) is 4.32. The molecule has 4 fully saturated rings. The number of ether oxygens (including phenoxy) is 1. The molecule has 4 saturated carbocycles. The molecular formula is C21H25F2N3O2. The van der Waals surface area contributed by atoms with Crippen LogP contribution in [0.2, 0.25) is 0 Å². The Bertz CT molecular complexity index is 917. The first-order valence-corrected chi connectivity index (χ1v) is 10.1. The van der Waals surface area contributed by atoms with Crippen LogP contribution in [-0.4, -0.2) is 27.8 Å². The Morgan fingerprint density at radius 2 is 1.86 bits per heavy atom. The van der Waals surface area contributed by atoms with Crippen LogP contribution in [0.3, 0.4) is 0 Å². The minimum atomic E-state index is -2.60. The molecule has 4 aliphatic carbocycles. The van der Waals surface area contributed by atoms with Crippen LogP contribution in [0, 0.1) is 24.7 Å². The molecule has 7 heteroatoms. The van der Waals surface area contributed by atoms with Gasteiger partial charge in [0.2, 0.25) is 0 Å². The highest BCUT2D eigenvalue weighted by molar-refractivity contribution is 5.84. The van der Waals surface area contributed by atoms with Gasteiger partial charge in [-0.3, -0.25) is 4.79 Å². The van der Waals surface area contributed by atoms with Gasteiger partial charge in [-0.15, -0.1) is 0 Å². The Kier molecular flexibility index (Phi) is 4.00. The van der Waals surface area contributed by atoms with Crippen LogP contribution in [0.25, 0.3) is 11.0 Å². The number of carbonyl (C=O) groups excluding carboxylic acids is 1. The monoisotopic (exact) mass is 389 g/mol. The predicted molar refractivity (Wildman–Crippen MR) is 99.1 cm³/mol. The van der Waals surface area contributed by atoms with Crippen molar-refractivity contribution in [3.05, 3.63) is 23.0 Å². The number of alkyl halides is 2. The number of halogens is 2. The van der Waals surface area contributed by atoms with Gasteiger partial charge >= 0.3 is 5.97 Å². The van der Waals surface area contributed by atoms with E-state index < -0.39 is 12.4 Å². The number of aryl methyl sites for hydroxylation is 1. The molecule has 5 nitrogen and oxygen atoms in total. The van der Waals surface area contributed by atoms with E-state index in [2.05, 4.69) is 5.10 Å². The first kappa shape index (κ1) is 18.0. The second-order valence-electron chi connectivity index (χ2n) is 9.11. The summed E-state index contributed by atoms with van der Waals surface area (Å²) < 4.78 is 34.2. The first-order valence-electron chi connectivity index (χ1n) is 10.1. The molecule has 0 aromatic carbocycles. The second kappa shape index (κ2) is 6.22. The van der Waals surface area contributed by atoms with Gasteiger partial charge in [0.1, 0.15) is 6.54 Å². The van der Waals surface area contributed by atoms with Crippen LogP contribution >= 0.6 is 0 Å². The van der Waals surface area contributed by atoms with E-state index in [1.54, 1.807) is 13.0 Å². The maximum atomic E-state index is 14.0. The zero-order valence-electron chi connectivity index (χ0n) is 16.3. The summed E-state index contributed by atoms with van der Waals surface area (Å²) >= 11 is 0. The Morgan fingerprint density at radius 1 is 1.25 bits per heavy atom. The van der Waals surface area contributed by atoms with Crippen molar-refractivity contribution >= 4 is 17.0 Å². The number of hydrogen-bond acceptors (Lipinski definition) is 4. The molecule has 4 bridgehead atoms. The Balaban J connectivity index is 1.68. The molecule has 0 radical (unpaired) electrons. The summed E-state index contributed by atoms with van der Waals surface area (Å²) in [7, 11) is 1.31. The molecule has 0 saturated heterocycles. The lowest BCUT2D eigenvalue weighted by Crippen LogP contribution is -2.49. The van der Waals surface area contributed by atoms with Gasteiger partial charge in [0, 0.05) is 16.7 Å². The van der Waals surface area contributed by atoms with Gasteiger partial charge in [-0.05, 0) is 69.3 Å². The third-order valence-corrected chi connectivity index (χ3v) is 7.23. The van der Waals surface area contributed by atoms with Crippen LogP contribution in [0.15, 0.2) is 6.07 Å². The minimum absolute atomic E-state index is 0.00985. The highest BCUT2D eigenvalue weighted by atomic mass is 19.3. The summed E-state index contributed by atoms with van der Waals surface area (Å²) in [5.41, 5.74) is 1.52. The Morgan fingerprint density at radius 3 is 2.39 bits per heavy atom. The first-order chi connectivity index (χ1) is 13.4. The van der Waals surface area contributed by atoms with Gasteiger partial charge in [0.15, 0.2) is 5.65 Å². The molecule has 2 aromatic heterocycles. The molecule has 0 aliphatic heterocycles. The van der Waals surface area contributed by atoms with Gasteiger partial charge in [-0.1, -0.05) is 0 Å². The lowest BCUT2D eigenvalue weighted by Gasteiger charge is -2.56. The van der Waals surface area contributed by atoms with E-state index >= 15 is 0 Å². The zero-order chi connectivity index (χ0) is 19.6. The van der Waals surface area contributed by atoms with Crippen molar-refractivity contribution < 1.29 is 18.3 Å². The van der Waals surface area contributed by atoms with Gasteiger partial charge in [0.05, 0.1) is 18.2 Å². The number of rotatable bonds is 4. The average molecular weight is 389 g/mol. The fourth-order valence-electron chi connectivity index (χ4n) is 6.55. The van der Waals surface area contributed by atoms with E-state index in [1.807, 2.05) is 0 Å². The number of methoxy groups -OCH3 is 1. The largest absolute Gasteiger partial charge is 0.468 e. The van der Waals surface area contributed by atoms with Crippen LogP contribution < -0.4 is 0 Å². The molecule has 6 rings (SSSR count). The number of carbonyl (C=O) groups is 1. The summed E-state index contributed by atoms with van der Waals surface area (Å²) in [4.78, 5) is 16.7. The second-order valence-corrected chi connectivity index (χ2v) is 9.11. The van der Waals surface area contributed by atoms with E-state index in [4.69, 9.17) is 9.72 Å². The summed E-state index contributed by atoms with van der Waals surface area (Å²) in [5, 5.41) is 4.70. The van der Waals surface area contributed by atoms with Gasteiger partial charge in [-0.25, -0.2) is 18.4 Å². The van der Waals surface area contributed by atoms with Crippen molar-refractivity contribution in [3.63, 3.8) is 0 Å². The molecule has 0 N–H and O–H groups in total. The standard InChI is InChI=1S/C21H25F2N3O2/c1-11-18-15(19(22)23)6-16(24-20(18)26(25-11)10-17(27)28-2)21-7-12-3-13(8-21)5-14(4-12)9-21/h6,12-14,19H,3-5,7-10H2,1-2H3. The maximum Gasteiger partial charge on any atom is 0.327 e. The normalized spacial score (nSPS) is 31.1. The molecule has 150 valence electrons. The molecule has 2 aromatic rings. The molecule has 0 spiro atoms. The number of hydrogen-bond donors (Lipinski definition) is 0. The van der Waals surface area contributed by atoms with E-state index in [0.29, 0.717) is 34.5 Å². The van der Waals surface area contributed by atoms with Crippen LogP contribution in [0.4, 0.5) is 8.78 Å². The topological polar surface area (TPSA) is 57.0 Å². The smallest absolute Gasteiger partial charge is 0.327 e. The number of esters is 1. The molecule has 0 atom stereocenters. The van der Waals surface area contributed by atoms with E-state index in [9.17, 15) is 13.6 Å². The number of fused-ring (bicyclic) bond motifs is 1. The average Bonchev–Trinajstić information content (AvgIpc) is 2.95. The molecular weight excluding hydrogens is 364 g/mol. The Labute approximate surface area is 162 Å². The molecule has 4 aliphatic rings. The molecule has 28 heavy (non-hydrogen) atoms. The molecule has 0 amide bonds. The number of pyridine rings is 1. The minimum Gasteiger partial charge on any atom is -0.468 e. The van der Waals surface area contributed by atoms with Crippen molar-refractivity contribution in [2.75, 3.05) is 7.11 Å². The third-order valence-electron chi connectivity index (χ3n) is 7.23. The fraction of sp³-hybridized carbons (Fsp3) is 0.667. The highest BCUT2D eigenvalue weighted by Gasteiger charge is 2.52. The Hall–Kier alpha value is -2.05. The number of nitrogens with zero attached hydrogens (tertiary/aromatic N) is 3. The van der Waals surface area contributed by atoms with Gasteiger partial charge in [0.25, 0.3) is 6.43 Å². The quantitative estimate of drug-likeness (QED) is 0.731. The summed E-state index contributed by atoms with van der Waals surface area (Å²) in [6, 6.07) is 1.64. The van der Waals surface area contributed by atoms with Crippen molar-refractivity contribution in [2.45, 2.75) is 63.8 Å². The zero-order valence-corrected chi connectivity index (χ0v) is 16.3. The summed E-state index contributed by atoms with van der Waals surface area (Å²) in [5.74, 6) is 1.62. The summed E-state index contributed by atoms with van der Waals surface area (Å²) in [6.45, 7) is 1.56. The lowest BCUT2D eigenvalue weighted by molar-refractivity contribution is -0.141. The fourth-order valence-corrected chi connectivity index (χ4v) is 6.55. The van der Waals surface area contributed by atoms with Crippen LogP contribution in [0.5, 0.6) is 0 Å². The van der Waals surface area contributed by atoms with Crippen LogP contribution in [-0.2, 0) is 21.5 Å². The van der Waals surface area contributed by atoms with E-state index in [-0.39, 0.29) is 17.5 Å². The van der Waals surface area contributed by atoms with Gasteiger partial charge in [-0.2, -0.15) is 5.10 Å². The third kappa shape index (κ3) is 2.65. The van der Waals surface area contributed by atoms with E-state index in [1.165, 1.54) is 31.1 Å². The van der Waals surface area contributed by atoms with Crippen molar-refractivity contribution in [1.82, 2.24) is 14.8 Å². The maximum absolute atomic E-state index is 14.0.